The van der Waals surface area contributed by atoms with Crippen LogP contribution >= 0.6 is 11.3 Å². The number of nitrogens with zero attached hydrogens (tertiary/aromatic N) is 3. The molecule has 5 nitrogen and oxygen atoms in total. The molecule has 0 saturated heterocycles. The van der Waals surface area contributed by atoms with E-state index in [0.29, 0.717) is 11.4 Å². The molecular weight excluding hydrogens is 320 g/mol. The van der Waals surface area contributed by atoms with E-state index in [1.54, 1.807) is 29.7 Å². The Morgan fingerprint density at radius 3 is 2.75 bits per heavy atom. The SMILES string of the molecule is Cc1nc(-c2cccc(NC(=O)c3cccnc3N(C)C)c2)cs1. The number of hydrogen-bond acceptors (Lipinski definition) is 5. The fourth-order valence-electron chi connectivity index (χ4n) is 2.38. The Kier molecular flexibility index (Phi) is 4.57. The Bertz CT molecular complexity index is 873. The van der Waals surface area contributed by atoms with Gasteiger partial charge in [-0.1, -0.05) is 12.1 Å². The van der Waals surface area contributed by atoms with Gasteiger partial charge in [-0.2, -0.15) is 0 Å². The van der Waals surface area contributed by atoms with Crippen LogP contribution in [0.5, 0.6) is 0 Å². The van der Waals surface area contributed by atoms with Crippen molar-refractivity contribution in [2.24, 2.45) is 0 Å². The monoisotopic (exact) mass is 338 g/mol. The van der Waals surface area contributed by atoms with Crippen molar-refractivity contribution in [3.05, 3.63) is 58.5 Å². The number of pyridine rings is 1. The molecule has 0 aliphatic rings. The molecule has 6 heteroatoms. The number of aromatic nitrogens is 2. The Labute approximate surface area is 145 Å². The Morgan fingerprint density at radius 1 is 1.21 bits per heavy atom. The van der Waals surface area contributed by atoms with Crippen LogP contribution in [-0.4, -0.2) is 30.0 Å². The predicted octanol–water partition coefficient (Wildman–Crippen LogP) is 3.83. The third-order valence-electron chi connectivity index (χ3n) is 3.49. The fourth-order valence-corrected chi connectivity index (χ4v) is 3.00. The Morgan fingerprint density at radius 2 is 2.04 bits per heavy atom. The van der Waals surface area contributed by atoms with Gasteiger partial charge in [0.25, 0.3) is 5.91 Å². The van der Waals surface area contributed by atoms with E-state index in [1.165, 1.54) is 0 Å². The second-order valence-electron chi connectivity index (χ2n) is 5.56. The third-order valence-corrected chi connectivity index (χ3v) is 4.26. The number of nitrogens with one attached hydrogen (secondary N) is 1. The summed E-state index contributed by atoms with van der Waals surface area (Å²) < 4.78 is 0. The lowest BCUT2D eigenvalue weighted by Gasteiger charge is -2.15. The fraction of sp³-hybridized carbons (Fsp3) is 0.167. The minimum absolute atomic E-state index is 0.182. The number of amides is 1. The van der Waals surface area contributed by atoms with Crippen molar-refractivity contribution in [3.63, 3.8) is 0 Å². The minimum Gasteiger partial charge on any atom is -0.362 e. The lowest BCUT2D eigenvalue weighted by molar-refractivity contribution is 0.102. The summed E-state index contributed by atoms with van der Waals surface area (Å²) in [7, 11) is 3.73. The molecule has 0 saturated carbocycles. The summed E-state index contributed by atoms with van der Waals surface area (Å²) in [6, 6.07) is 11.2. The molecule has 2 heterocycles. The first-order valence-corrected chi connectivity index (χ1v) is 8.39. The van der Waals surface area contributed by atoms with Crippen molar-refractivity contribution in [3.8, 4) is 11.3 Å². The highest BCUT2D eigenvalue weighted by atomic mass is 32.1. The number of aryl methyl sites for hydroxylation is 1. The number of benzene rings is 1. The quantitative estimate of drug-likeness (QED) is 0.785. The van der Waals surface area contributed by atoms with Gasteiger partial charge in [-0.3, -0.25) is 4.79 Å². The number of hydrogen-bond donors (Lipinski definition) is 1. The van der Waals surface area contributed by atoms with Gasteiger partial charge in [0.2, 0.25) is 0 Å². The number of carbonyl (C=O) groups is 1. The number of rotatable bonds is 4. The third kappa shape index (κ3) is 3.44. The van der Waals surface area contributed by atoms with Gasteiger partial charge in [-0.15, -0.1) is 11.3 Å². The van der Waals surface area contributed by atoms with Gasteiger partial charge in [0.05, 0.1) is 16.3 Å². The first-order chi connectivity index (χ1) is 11.5. The highest BCUT2D eigenvalue weighted by Crippen LogP contribution is 2.25. The molecule has 2 aromatic heterocycles. The average Bonchev–Trinajstić information content (AvgIpc) is 3.01. The van der Waals surface area contributed by atoms with Gasteiger partial charge in [0, 0.05) is 36.9 Å². The van der Waals surface area contributed by atoms with Crippen LogP contribution in [0, 0.1) is 6.92 Å². The van der Waals surface area contributed by atoms with Crippen LogP contribution in [0.4, 0.5) is 11.5 Å². The van der Waals surface area contributed by atoms with Gasteiger partial charge in [0.1, 0.15) is 5.82 Å². The maximum Gasteiger partial charge on any atom is 0.259 e. The van der Waals surface area contributed by atoms with Gasteiger partial charge in [-0.05, 0) is 31.2 Å². The zero-order chi connectivity index (χ0) is 17.1. The summed E-state index contributed by atoms with van der Waals surface area (Å²) in [6.45, 7) is 1.98. The lowest BCUT2D eigenvalue weighted by atomic mass is 10.1. The van der Waals surface area contributed by atoms with Crippen LogP contribution in [0.1, 0.15) is 15.4 Å². The highest BCUT2D eigenvalue weighted by Gasteiger charge is 2.14. The van der Waals surface area contributed by atoms with Gasteiger partial charge >= 0.3 is 0 Å². The molecule has 0 unspecified atom stereocenters. The maximum absolute atomic E-state index is 12.6. The molecule has 1 amide bonds. The molecule has 0 aliphatic carbocycles. The van der Waals surface area contributed by atoms with E-state index in [9.17, 15) is 4.79 Å². The van der Waals surface area contributed by atoms with E-state index in [1.807, 2.05) is 55.6 Å². The molecule has 3 aromatic rings. The van der Waals surface area contributed by atoms with E-state index >= 15 is 0 Å². The summed E-state index contributed by atoms with van der Waals surface area (Å²) in [4.78, 5) is 23.2. The maximum atomic E-state index is 12.6. The van der Waals surface area contributed by atoms with Gasteiger partial charge in [0.15, 0.2) is 0 Å². The molecule has 0 fully saturated rings. The second kappa shape index (κ2) is 6.80. The largest absolute Gasteiger partial charge is 0.362 e. The van der Waals surface area contributed by atoms with Gasteiger partial charge < -0.3 is 10.2 Å². The van der Waals surface area contributed by atoms with Crippen molar-refractivity contribution in [2.75, 3.05) is 24.3 Å². The summed E-state index contributed by atoms with van der Waals surface area (Å²) in [5.41, 5.74) is 3.18. The van der Waals surface area contributed by atoms with E-state index in [4.69, 9.17) is 0 Å². The molecule has 1 aromatic carbocycles. The van der Waals surface area contributed by atoms with Crippen LogP contribution < -0.4 is 10.2 Å². The molecule has 0 radical (unpaired) electrons. The summed E-state index contributed by atoms with van der Waals surface area (Å²) >= 11 is 1.61. The zero-order valence-corrected chi connectivity index (χ0v) is 14.6. The summed E-state index contributed by atoms with van der Waals surface area (Å²) in [5, 5.41) is 5.97. The van der Waals surface area contributed by atoms with E-state index < -0.39 is 0 Å². The molecule has 3 rings (SSSR count). The van der Waals surface area contributed by atoms with Crippen molar-refractivity contribution in [1.29, 1.82) is 0 Å². The number of thiazole rings is 1. The van der Waals surface area contributed by atoms with E-state index in [0.717, 1.165) is 22.0 Å². The standard InChI is InChI=1S/C18H18N4OS/c1-12-20-16(11-24-12)13-6-4-7-14(10-13)21-18(23)15-8-5-9-19-17(15)22(2)3/h4-11H,1-3H3,(H,21,23). The van der Waals surface area contributed by atoms with Crippen molar-refractivity contribution in [1.82, 2.24) is 9.97 Å². The highest BCUT2D eigenvalue weighted by molar-refractivity contribution is 7.09. The van der Waals surface area contributed by atoms with Crippen LogP contribution in [-0.2, 0) is 0 Å². The number of anilines is 2. The molecule has 0 bridgehead atoms. The zero-order valence-electron chi connectivity index (χ0n) is 13.8. The van der Waals surface area contributed by atoms with E-state index in [-0.39, 0.29) is 5.91 Å². The molecular formula is C18H18N4OS. The lowest BCUT2D eigenvalue weighted by Crippen LogP contribution is -2.19. The number of carbonyl (C=O) groups excluding carboxylic acids is 1. The Hall–Kier alpha value is -2.73. The summed E-state index contributed by atoms with van der Waals surface area (Å²) in [6.07, 6.45) is 1.68. The van der Waals surface area contributed by atoms with Crippen molar-refractivity contribution in [2.45, 2.75) is 6.92 Å². The van der Waals surface area contributed by atoms with E-state index in [2.05, 4.69) is 15.3 Å². The minimum atomic E-state index is -0.182. The van der Waals surface area contributed by atoms with Crippen LogP contribution in [0.3, 0.4) is 0 Å². The Balaban J connectivity index is 1.85. The normalized spacial score (nSPS) is 10.5. The second-order valence-corrected chi connectivity index (χ2v) is 6.62. The molecule has 0 atom stereocenters. The van der Waals surface area contributed by atoms with Crippen LogP contribution in [0.2, 0.25) is 0 Å². The first kappa shape index (κ1) is 16.1. The summed E-state index contributed by atoms with van der Waals surface area (Å²) in [5.74, 6) is 0.458. The smallest absolute Gasteiger partial charge is 0.259 e. The average molecular weight is 338 g/mol. The molecule has 0 aliphatic heterocycles. The molecule has 122 valence electrons. The molecule has 24 heavy (non-hydrogen) atoms. The first-order valence-electron chi connectivity index (χ1n) is 7.51. The molecule has 1 N–H and O–H groups in total. The predicted molar refractivity (Wildman–Crippen MR) is 98.8 cm³/mol. The van der Waals surface area contributed by atoms with Crippen LogP contribution in [0.15, 0.2) is 48.0 Å². The van der Waals surface area contributed by atoms with Crippen molar-refractivity contribution >= 4 is 28.7 Å². The van der Waals surface area contributed by atoms with Crippen molar-refractivity contribution < 1.29 is 4.79 Å². The molecule has 0 spiro atoms. The van der Waals surface area contributed by atoms with Crippen LogP contribution in [0.25, 0.3) is 11.3 Å². The topological polar surface area (TPSA) is 58.1 Å². The van der Waals surface area contributed by atoms with Gasteiger partial charge in [-0.25, -0.2) is 9.97 Å².